The van der Waals surface area contributed by atoms with Crippen LogP contribution in [0.2, 0.25) is 10.0 Å². The number of carbonyl (C=O) groups is 1. The summed E-state index contributed by atoms with van der Waals surface area (Å²) < 4.78 is 5.56. The van der Waals surface area contributed by atoms with Gasteiger partial charge in [-0.3, -0.25) is 4.79 Å². The number of carbonyl (C=O) groups excluding carboxylic acids is 1. The molecule has 25 heavy (non-hydrogen) atoms. The molecule has 6 heteroatoms. The summed E-state index contributed by atoms with van der Waals surface area (Å²) in [6.07, 6.45) is 1.57. The molecule has 0 atom stereocenters. The Morgan fingerprint density at radius 2 is 1.88 bits per heavy atom. The van der Waals surface area contributed by atoms with Gasteiger partial charge in [0.05, 0.1) is 21.8 Å². The summed E-state index contributed by atoms with van der Waals surface area (Å²) in [6, 6.07) is 13.9. The molecule has 0 aliphatic heterocycles. The second-order valence-electron chi connectivity index (χ2n) is 5.46. The van der Waals surface area contributed by atoms with Gasteiger partial charge >= 0.3 is 0 Å². The lowest BCUT2D eigenvalue weighted by molar-refractivity contribution is -0.112. The van der Waals surface area contributed by atoms with E-state index in [1.807, 2.05) is 19.9 Å². The van der Waals surface area contributed by atoms with E-state index in [0.717, 1.165) is 5.75 Å². The highest BCUT2D eigenvalue weighted by atomic mass is 35.5. The third-order valence-electron chi connectivity index (χ3n) is 3.13. The van der Waals surface area contributed by atoms with Gasteiger partial charge in [0.15, 0.2) is 0 Å². The average molecular weight is 375 g/mol. The number of hydrogen-bond donors (Lipinski definition) is 1. The predicted molar refractivity (Wildman–Crippen MR) is 101 cm³/mol. The first kappa shape index (κ1) is 18.9. The number of benzene rings is 2. The molecular weight excluding hydrogens is 359 g/mol. The van der Waals surface area contributed by atoms with Gasteiger partial charge in [-0.25, -0.2) is 0 Å². The van der Waals surface area contributed by atoms with Gasteiger partial charge in [0.2, 0.25) is 0 Å². The van der Waals surface area contributed by atoms with Crippen molar-refractivity contribution in [1.29, 1.82) is 5.26 Å². The number of anilines is 1. The molecule has 2 aromatic carbocycles. The van der Waals surface area contributed by atoms with Gasteiger partial charge in [-0.2, -0.15) is 5.26 Å². The summed E-state index contributed by atoms with van der Waals surface area (Å²) in [5.74, 6) is 0.162. The predicted octanol–water partition coefficient (Wildman–Crippen LogP) is 5.33. The minimum atomic E-state index is -0.561. The molecule has 128 valence electrons. The molecule has 0 saturated carbocycles. The maximum Gasteiger partial charge on any atom is 0.266 e. The van der Waals surface area contributed by atoms with E-state index in [0.29, 0.717) is 16.3 Å². The van der Waals surface area contributed by atoms with Crippen molar-refractivity contribution in [2.24, 2.45) is 0 Å². The Kier molecular flexibility index (Phi) is 6.46. The van der Waals surface area contributed by atoms with E-state index in [9.17, 15) is 10.1 Å². The van der Waals surface area contributed by atoms with Crippen molar-refractivity contribution in [3.05, 3.63) is 63.6 Å². The fourth-order valence-corrected chi connectivity index (χ4v) is 2.37. The summed E-state index contributed by atoms with van der Waals surface area (Å²) in [5, 5.41) is 12.4. The Labute approximate surface area is 156 Å². The van der Waals surface area contributed by atoms with E-state index in [-0.39, 0.29) is 16.7 Å². The Balaban J connectivity index is 2.18. The van der Waals surface area contributed by atoms with Crippen molar-refractivity contribution in [2.75, 3.05) is 5.32 Å². The SMILES string of the molecule is CC(C)Oc1ccc(/C=C(/C#N)C(=O)Nc2cccc(Cl)c2Cl)cc1. The zero-order valence-electron chi connectivity index (χ0n) is 13.7. The van der Waals surface area contributed by atoms with Crippen LogP contribution in [0.25, 0.3) is 6.08 Å². The number of halogens is 2. The topological polar surface area (TPSA) is 62.1 Å². The Morgan fingerprint density at radius 3 is 2.48 bits per heavy atom. The molecule has 0 radical (unpaired) electrons. The van der Waals surface area contributed by atoms with Crippen LogP contribution < -0.4 is 10.1 Å². The molecule has 2 rings (SSSR count). The largest absolute Gasteiger partial charge is 0.491 e. The van der Waals surface area contributed by atoms with Gasteiger partial charge < -0.3 is 10.1 Å². The minimum Gasteiger partial charge on any atom is -0.491 e. The maximum atomic E-state index is 12.3. The maximum absolute atomic E-state index is 12.3. The molecule has 0 fully saturated rings. The summed E-state index contributed by atoms with van der Waals surface area (Å²) >= 11 is 12.0. The third kappa shape index (κ3) is 5.25. The van der Waals surface area contributed by atoms with Gasteiger partial charge in [-0.1, -0.05) is 41.4 Å². The standard InChI is InChI=1S/C19H16Cl2N2O2/c1-12(2)25-15-8-6-13(7-9-15)10-14(11-22)19(24)23-17-5-3-4-16(20)18(17)21/h3-10,12H,1-2H3,(H,23,24)/b14-10-. The van der Waals surface area contributed by atoms with Crippen molar-refractivity contribution < 1.29 is 9.53 Å². The van der Waals surface area contributed by atoms with Crippen LogP contribution in [-0.4, -0.2) is 12.0 Å². The van der Waals surface area contributed by atoms with Crippen LogP contribution in [-0.2, 0) is 4.79 Å². The van der Waals surface area contributed by atoms with Crippen molar-refractivity contribution >= 4 is 40.9 Å². The Hall–Kier alpha value is -2.48. The third-order valence-corrected chi connectivity index (χ3v) is 3.95. The second kappa shape index (κ2) is 8.57. The number of nitrogens with zero attached hydrogens (tertiary/aromatic N) is 1. The van der Waals surface area contributed by atoms with E-state index >= 15 is 0 Å². The number of rotatable bonds is 5. The van der Waals surface area contributed by atoms with Crippen molar-refractivity contribution in [2.45, 2.75) is 20.0 Å². The van der Waals surface area contributed by atoms with Gasteiger partial charge in [0.25, 0.3) is 5.91 Å². The second-order valence-corrected chi connectivity index (χ2v) is 6.25. The number of amides is 1. The van der Waals surface area contributed by atoms with E-state index < -0.39 is 5.91 Å². The molecule has 0 spiro atoms. The summed E-state index contributed by atoms with van der Waals surface area (Å²) in [4.78, 5) is 12.3. The molecule has 0 saturated heterocycles. The van der Waals surface area contributed by atoms with Gasteiger partial charge in [-0.15, -0.1) is 0 Å². The van der Waals surface area contributed by atoms with Crippen molar-refractivity contribution in [3.8, 4) is 11.8 Å². The van der Waals surface area contributed by atoms with E-state index in [1.54, 1.807) is 42.5 Å². The lowest BCUT2D eigenvalue weighted by atomic mass is 10.1. The van der Waals surface area contributed by atoms with Crippen molar-refractivity contribution in [3.63, 3.8) is 0 Å². The molecule has 4 nitrogen and oxygen atoms in total. The van der Waals surface area contributed by atoms with Crippen LogP contribution in [0.1, 0.15) is 19.4 Å². The number of nitrogens with one attached hydrogen (secondary N) is 1. The minimum absolute atomic E-state index is 0.0476. The molecular formula is C19H16Cl2N2O2. The smallest absolute Gasteiger partial charge is 0.266 e. The first-order valence-electron chi connectivity index (χ1n) is 7.54. The zero-order valence-corrected chi connectivity index (χ0v) is 15.2. The normalized spacial score (nSPS) is 11.1. The lowest BCUT2D eigenvalue weighted by Gasteiger charge is -2.09. The molecule has 2 aromatic rings. The van der Waals surface area contributed by atoms with E-state index in [2.05, 4.69) is 5.32 Å². The van der Waals surface area contributed by atoms with Crippen LogP contribution in [0, 0.1) is 11.3 Å². The fourth-order valence-electron chi connectivity index (χ4n) is 2.02. The number of nitriles is 1. The van der Waals surface area contributed by atoms with Crippen molar-refractivity contribution in [1.82, 2.24) is 0 Å². The highest BCUT2D eigenvalue weighted by Gasteiger charge is 2.12. The van der Waals surface area contributed by atoms with Crippen LogP contribution in [0.5, 0.6) is 5.75 Å². The highest BCUT2D eigenvalue weighted by Crippen LogP contribution is 2.29. The van der Waals surface area contributed by atoms with Gasteiger partial charge in [0, 0.05) is 0 Å². The lowest BCUT2D eigenvalue weighted by Crippen LogP contribution is -2.13. The Bertz CT molecular complexity index is 837. The summed E-state index contributed by atoms with van der Waals surface area (Å²) in [5.41, 5.74) is 1.01. The molecule has 1 amide bonds. The molecule has 0 bridgehead atoms. The molecule has 0 aliphatic rings. The Morgan fingerprint density at radius 1 is 1.20 bits per heavy atom. The fraction of sp³-hybridized carbons (Fsp3) is 0.158. The average Bonchev–Trinajstić information content (AvgIpc) is 2.57. The summed E-state index contributed by atoms with van der Waals surface area (Å²) in [7, 11) is 0. The first-order chi connectivity index (χ1) is 11.9. The van der Waals surface area contributed by atoms with Crippen LogP contribution >= 0.6 is 23.2 Å². The molecule has 0 aromatic heterocycles. The van der Waals surface area contributed by atoms with Crippen LogP contribution in [0.4, 0.5) is 5.69 Å². The molecule has 0 heterocycles. The quantitative estimate of drug-likeness (QED) is 0.568. The number of ether oxygens (including phenoxy) is 1. The van der Waals surface area contributed by atoms with E-state index in [1.165, 1.54) is 6.08 Å². The van der Waals surface area contributed by atoms with Crippen LogP contribution in [0.15, 0.2) is 48.0 Å². The highest BCUT2D eigenvalue weighted by molar-refractivity contribution is 6.44. The van der Waals surface area contributed by atoms with Crippen LogP contribution in [0.3, 0.4) is 0 Å². The molecule has 1 N–H and O–H groups in total. The zero-order chi connectivity index (χ0) is 18.4. The van der Waals surface area contributed by atoms with E-state index in [4.69, 9.17) is 27.9 Å². The monoisotopic (exact) mass is 374 g/mol. The molecule has 0 aliphatic carbocycles. The van der Waals surface area contributed by atoms with Gasteiger partial charge in [0.1, 0.15) is 17.4 Å². The van der Waals surface area contributed by atoms with Gasteiger partial charge in [-0.05, 0) is 49.8 Å². The number of hydrogen-bond acceptors (Lipinski definition) is 3. The molecule has 0 unspecified atom stereocenters. The first-order valence-corrected chi connectivity index (χ1v) is 8.30. The summed E-state index contributed by atoms with van der Waals surface area (Å²) in [6.45, 7) is 3.87.